The van der Waals surface area contributed by atoms with Crippen LogP contribution in [0.25, 0.3) is 0 Å². The maximum atomic E-state index is 11.9. The molecule has 3 rings (SSSR count). The molecule has 0 saturated carbocycles. The molecular formula is C14H13NO2. The maximum Gasteiger partial charge on any atom is 0.205 e. The van der Waals surface area contributed by atoms with Gasteiger partial charge in [-0.2, -0.15) is 0 Å². The number of rotatable bonds is 0. The topological polar surface area (TPSA) is 47.0 Å². The van der Waals surface area contributed by atoms with Crippen LogP contribution in [0.4, 0.5) is 0 Å². The number of carbonyl (C=O) groups excluding carboxylic acids is 2. The van der Waals surface area contributed by atoms with Crippen LogP contribution < -0.4 is 0 Å². The normalized spacial score (nSPS) is 17.9. The van der Waals surface area contributed by atoms with Gasteiger partial charge >= 0.3 is 0 Å². The van der Waals surface area contributed by atoms with Gasteiger partial charge in [0.2, 0.25) is 5.78 Å². The molecule has 0 amide bonds. The van der Waals surface area contributed by atoms with E-state index in [9.17, 15) is 9.59 Å². The molecule has 0 spiro atoms. The first kappa shape index (κ1) is 10.4. The number of ketones is 2. The van der Waals surface area contributed by atoms with Gasteiger partial charge in [0.1, 0.15) is 5.69 Å². The van der Waals surface area contributed by atoms with Crippen molar-refractivity contribution in [2.45, 2.75) is 32.6 Å². The van der Waals surface area contributed by atoms with Crippen molar-refractivity contribution in [2.24, 2.45) is 0 Å². The second-order valence-electron chi connectivity index (χ2n) is 4.65. The number of fused-ring (bicyclic) bond motifs is 2. The van der Waals surface area contributed by atoms with Gasteiger partial charge in [-0.3, -0.25) is 9.59 Å². The lowest BCUT2D eigenvalue weighted by atomic mass is 9.86. The van der Waals surface area contributed by atoms with Gasteiger partial charge in [-0.1, -0.05) is 0 Å². The number of aryl methyl sites for hydroxylation is 1. The largest absolute Gasteiger partial charge is 0.289 e. The van der Waals surface area contributed by atoms with Crippen molar-refractivity contribution in [2.75, 3.05) is 0 Å². The van der Waals surface area contributed by atoms with Gasteiger partial charge in [0.05, 0.1) is 5.56 Å². The minimum atomic E-state index is -0.143. The molecule has 2 aliphatic rings. The lowest BCUT2D eigenvalue weighted by Crippen LogP contribution is -2.20. The van der Waals surface area contributed by atoms with Crippen molar-refractivity contribution in [1.82, 2.24) is 4.98 Å². The fourth-order valence-corrected chi connectivity index (χ4v) is 2.73. The number of hydrogen-bond donors (Lipinski definition) is 0. The van der Waals surface area contributed by atoms with Gasteiger partial charge in [0.25, 0.3) is 0 Å². The van der Waals surface area contributed by atoms with Crippen LogP contribution in [0.3, 0.4) is 0 Å². The lowest BCUT2D eigenvalue weighted by Gasteiger charge is -2.21. The summed E-state index contributed by atoms with van der Waals surface area (Å²) in [4.78, 5) is 28.1. The van der Waals surface area contributed by atoms with Crippen molar-refractivity contribution in [3.63, 3.8) is 0 Å². The van der Waals surface area contributed by atoms with E-state index in [1.165, 1.54) is 17.7 Å². The number of carbonyl (C=O) groups is 2. The van der Waals surface area contributed by atoms with Crippen LogP contribution in [-0.2, 0) is 12.8 Å². The zero-order valence-corrected chi connectivity index (χ0v) is 9.75. The zero-order chi connectivity index (χ0) is 12.0. The second-order valence-corrected chi connectivity index (χ2v) is 4.65. The summed E-state index contributed by atoms with van der Waals surface area (Å²) < 4.78 is 0. The minimum Gasteiger partial charge on any atom is -0.289 e. The summed E-state index contributed by atoms with van der Waals surface area (Å²) in [7, 11) is 0. The van der Waals surface area contributed by atoms with E-state index in [4.69, 9.17) is 0 Å². The van der Waals surface area contributed by atoms with Crippen LogP contribution in [0.15, 0.2) is 12.2 Å². The van der Waals surface area contributed by atoms with Gasteiger partial charge in [-0.05, 0) is 55.9 Å². The van der Waals surface area contributed by atoms with Crippen LogP contribution >= 0.6 is 0 Å². The van der Waals surface area contributed by atoms with Crippen molar-refractivity contribution in [3.8, 4) is 0 Å². The molecule has 1 aromatic heterocycles. The third-order valence-corrected chi connectivity index (χ3v) is 3.62. The Labute approximate surface area is 99.6 Å². The smallest absolute Gasteiger partial charge is 0.205 e. The highest BCUT2D eigenvalue weighted by Gasteiger charge is 2.27. The van der Waals surface area contributed by atoms with Crippen molar-refractivity contribution in [3.05, 3.63) is 40.2 Å². The second kappa shape index (κ2) is 3.62. The van der Waals surface area contributed by atoms with E-state index >= 15 is 0 Å². The molecule has 0 atom stereocenters. The first-order chi connectivity index (χ1) is 8.18. The molecule has 0 bridgehead atoms. The van der Waals surface area contributed by atoms with Crippen LogP contribution in [0.2, 0.25) is 0 Å². The van der Waals surface area contributed by atoms with Gasteiger partial charge < -0.3 is 0 Å². The number of hydrogen-bond acceptors (Lipinski definition) is 3. The predicted molar refractivity (Wildman–Crippen MR) is 63.4 cm³/mol. The van der Waals surface area contributed by atoms with Gasteiger partial charge in [0.15, 0.2) is 5.78 Å². The minimum absolute atomic E-state index is 0.0852. The molecule has 17 heavy (non-hydrogen) atoms. The van der Waals surface area contributed by atoms with Gasteiger partial charge in [-0.15, -0.1) is 0 Å². The lowest BCUT2D eigenvalue weighted by molar-refractivity contribution is 0.0989. The summed E-state index contributed by atoms with van der Waals surface area (Å²) in [6.07, 6.45) is 6.85. The molecule has 86 valence electrons. The Morgan fingerprint density at radius 1 is 1.06 bits per heavy atom. The highest BCUT2D eigenvalue weighted by molar-refractivity contribution is 6.21. The van der Waals surface area contributed by atoms with Crippen LogP contribution in [0, 0.1) is 6.92 Å². The molecule has 1 aromatic rings. The fourth-order valence-electron chi connectivity index (χ4n) is 2.73. The Kier molecular flexibility index (Phi) is 2.21. The zero-order valence-electron chi connectivity index (χ0n) is 9.75. The third-order valence-electron chi connectivity index (χ3n) is 3.62. The summed E-state index contributed by atoms with van der Waals surface area (Å²) in [5.74, 6) is -0.228. The van der Waals surface area contributed by atoms with E-state index in [2.05, 4.69) is 4.98 Å². The van der Waals surface area contributed by atoms with Crippen LogP contribution in [0.5, 0.6) is 0 Å². The molecule has 0 N–H and O–H groups in total. The number of aromatic nitrogens is 1. The van der Waals surface area contributed by atoms with Crippen molar-refractivity contribution in [1.29, 1.82) is 0 Å². The van der Waals surface area contributed by atoms with Crippen LogP contribution in [-0.4, -0.2) is 16.6 Å². The molecule has 0 aliphatic heterocycles. The average Bonchev–Trinajstić information content (AvgIpc) is 2.34. The van der Waals surface area contributed by atoms with Crippen LogP contribution in [0.1, 0.15) is 50.5 Å². The molecule has 0 fully saturated rings. The van der Waals surface area contributed by atoms with E-state index in [0.29, 0.717) is 11.3 Å². The van der Waals surface area contributed by atoms with E-state index in [1.807, 2.05) is 6.92 Å². The predicted octanol–water partition coefficient (Wildman–Crippen LogP) is 2.20. The molecule has 1 heterocycles. The Bertz CT molecular complexity index is 570. The first-order valence-electron chi connectivity index (χ1n) is 5.97. The summed E-state index contributed by atoms with van der Waals surface area (Å²) in [5.41, 5.74) is 4.05. The molecule has 0 radical (unpaired) electrons. The van der Waals surface area contributed by atoms with E-state index in [1.54, 1.807) is 0 Å². The molecule has 0 unspecified atom stereocenters. The third kappa shape index (κ3) is 1.46. The van der Waals surface area contributed by atoms with Crippen molar-refractivity contribution < 1.29 is 9.59 Å². The molecule has 0 aromatic carbocycles. The molecule has 3 heteroatoms. The standard InChI is InChI=1S/C14H13NO2/c1-8-9-4-2-3-5-10(9)15-14-12(17)7-6-11(16)13(8)14/h6-7H,2-5H2,1H3. The Morgan fingerprint density at radius 3 is 2.59 bits per heavy atom. The summed E-state index contributed by atoms with van der Waals surface area (Å²) in [6.45, 7) is 1.94. The van der Waals surface area contributed by atoms with Crippen molar-refractivity contribution >= 4 is 11.6 Å². The van der Waals surface area contributed by atoms with E-state index in [0.717, 1.165) is 36.9 Å². The molecule has 3 nitrogen and oxygen atoms in total. The van der Waals surface area contributed by atoms with E-state index < -0.39 is 0 Å². The highest BCUT2D eigenvalue weighted by atomic mass is 16.1. The Morgan fingerprint density at radius 2 is 1.76 bits per heavy atom. The molecular weight excluding hydrogens is 214 g/mol. The summed E-state index contributed by atoms with van der Waals surface area (Å²) in [6, 6.07) is 0. The van der Waals surface area contributed by atoms with E-state index in [-0.39, 0.29) is 11.6 Å². The molecule has 0 saturated heterocycles. The number of allylic oxidation sites excluding steroid dienone is 2. The SMILES string of the molecule is Cc1c2c(nc3c1C(=O)C=CC3=O)CCCC2. The quantitative estimate of drug-likeness (QED) is 0.682. The number of pyridine rings is 1. The average molecular weight is 227 g/mol. The highest BCUT2D eigenvalue weighted by Crippen LogP contribution is 2.29. The van der Waals surface area contributed by atoms with Gasteiger partial charge in [-0.25, -0.2) is 4.98 Å². The first-order valence-corrected chi connectivity index (χ1v) is 5.97. The Balaban J connectivity index is 2.30. The summed E-state index contributed by atoms with van der Waals surface area (Å²) in [5, 5.41) is 0. The molecule has 2 aliphatic carbocycles. The number of nitrogens with zero attached hydrogens (tertiary/aromatic N) is 1. The monoisotopic (exact) mass is 227 g/mol. The Hall–Kier alpha value is -1.77. The van der Waals surface area contributed by atoms with Gasteiger partial charge in [0, 0.05) is 5.69 Å². The fraction of sp³-hybridized carbons (Fsp3) is 0.357. The maximum absolute atomic E-state index is 11.9. The summed E-state index contributed by atoms with van der Waals surface area (Å²) >= 11 is 0.